The highest BCUT2D eigenvalue weighted by Crippen LogP contribution is 2.27. The minimum atomic E-state index is -0.0484. The van der Waals surface area contributed by atoms with Crippen LogP contribution in [-0.2, 0) is 11.3 Å². The van der Waals surface area contributed by atoms with Gasteiger partial charge in [0.05, 0.1) is 5.75 Å². The van der Waals surface area contributed by atoms with Gasteiger partial charge in [0.25, 0.3) is 0 Å². The van der Waals surface area contributed by atoms with Crippen LogP contribution in [0.25, 0.3) is 17.1 Å². The van der Waals surface area contributed by atoms with E-state index in [1.807, 2.05) is 78.2 Å². The number of nitrogens with one attached hydrogen (secondary N) is 1. The normalized spacial score (nSPS) is 10.7. The fourth-order valence-electron chi connectivity index (χ4n) is 2.96. The van der Waals surface area contributed by atoms with Crippen LogP contribution in [0.3, 0.4) is 0 Å². The first-order valence-electron chi connectivity index (χ1n) is 9.57. The third-order valence-corrected chi connectivity index (χ3v) is 5.46. The van der Waals surface area contributed by atoms with Crippen molar-refractivity contribution in [1.29, 1.82) is 0 Å². The fourth-order valence-corrected chi connectivity index (χ4v) is 3.74. The monoisotopic (exact) mass is 415 g/mol. The lowest BCUT2D eigenvalue weighted by Crippen LogP contribution is -2.24. The number of amides is 1. The molecule has 0 spiro atoms. The maximum Gasteiger partial charge on any atom is 0.230 e. The van der Waals surface area contributed by atoms with Gasteiger partial charge in [0.15, 0.2) is 11.0 Å². The molecule has 0 aliphatic heterocycles. The predicted octanol–water partition coefficient (Wildman–Crippen LogP) is 4.05. The van der Waals surface area contributed by atoms with E-state index < -0.39 is 0 Å². The van der Waals surface area contributed by atoms with Gasteiger partial charge in [0.1, 0.15) is 0 Å². The number of benzene rings is 2. The Kier molecular flexibility index (Phi) is 6.20. The number of hydrogen-bond donors (Lipinski definition) is 1. The van der Waals surface area contributed by atoms with Crippen molar-refractivity contribution in [2.24, 2.45) is 0 Å². The van der Waals surface area contributed by atoms with Crippen molar-refractivity contribution < 1.29 is 4.79 Å². The summed E-state index contributed by atoms with van der Waals surface area (Å²) in [5.74, 6) is 0.925. The van der Waals surface area contributed by atoms with Gasteiger partial charge < -0.3 is 5.32 Å². The van der Waals surface area contributed by atoms with Crippen LogP contribution in [0.2, 0.25) is 0 Å². The average Bonchev–Trinajstić information content (AvgIpc) is 3.22. The first-order chi connectivity index (χ1) is 14.7. The summed E-state index contributed by atoms with van der Waals surface area (Å²) in [6.45, 7) is 2.56. The zero-order valence-electron chi connectivity index (χ0n) is 16.5. The van der Waals surface area contributed by atoms with E-state index in [2.05, 4.69) is 20.5 Å². The lowest BCUT2D eigenvalue weighted by Gasteiger charge is -2.11. The molecule has 150 valence electrons. The molecule has 1 amide bonds. The summed E-state index contributed by atoms with van der Waals surface area (Å²) in [5, 5.41) is 12.4. The quantitative estimate of drug-likeness (QED) is 0.461. The summed E-state index contributed by atoms with van der Waals surface area (Å²) in [7, 11) is 0. The van der Waals surface area contributed by atoms with Crippen LogP contribution in [0.1, 0.15) is 11.1 Å². The zero-order valence-corrected chi connectivity index (χ0v) is 17.3. The number of nitrogens with zero attached hydrogens (tertiary/aromatic N) is 4. The molecule has 4 rings (SSSR count). The predicted molar refractivity (Wildman–Crippen MR) is 118 cm³/mol. The first kappa shape index (κ1) is 19.8. The summed E-state index contributed by atoms with van der Waals surface area (Å²) in [5.41, 5.74) is 4.11. The lowest BCUT2D eigenvalue weighted by atomic mass is 10.2. The topological polar surface area (TPSA) is 72.7 Å². The number of aryl methyl sites for hydroxylation is 1. The van der Waals surface area contributed by atoms with Gasteiger partial charge >= 0.3 is 0 Å². The molecule has 0 aliphatic carbocycles. The molecule has 0 saturated carbocycles. The van der Waals surface area contributed by atoms with Gasteiger partial charge in [0, 0.05) is 30.2 Å². The maximum absolute atomic E-state index is 12.4. The van der Waals surface area contributed by atoms with Crippen molar-refractivity contribution in [2.45, 2.75) is 18.6 Å². The average molecular weight is 416 g/mol. The van der Waals surface area contributed by atoms with Crippen molar-refractivity contribution in [1.82, 2.24) is 25.1 Å². The van der Waals surface area contributed by atoms with Crippen molar-refractivity contribution in [3.05, 3.63) is 90.3 Å². The number of pyridine rings is 1. The Labute approximate surface area is 179 Å². The Balaban J connectivity index is 1.53. The van der Waals surface area contributed by atoms with Gasteiger partial charge in [-0.3, -0.25) is 14.3 Å². The van der Waals surface area contributed by atoms with E-state index >= 15 is 0 Å². The summed E-state index contributed by atoms with van der Waals surface area (Å²) >= 11 is 1.37. The molecule has 2 aromatic heterocycles. The standard InChI is InChI=1S/C23H21N5OS/c1-17-7-9-20(10-8-17)28-22(19-11-13-24-14-12-19)26-27-23(28)30-16-21(29)25-15-18-5-3-2-4-6-18/h2-14H,15-16H2,1H3,(H,25,29). The molecule has 0 saturated heterocycles. The van der Waals surface area contributed by atoms with Crippen LogP contribution in [0.15, 0.2) is 84.3 Å². The van der Waals surface area contributed by atoms with E-state index in [1.165, 1.54) is 17.3 Å². The number of carbonyl (C=O) groups is 1. The molecule has 0 radical (unpaired) electrons. The molecule has 2 aromatic carbocycles. The fraction of sp³-hybridized carbons (Fsp3) is 0.130. The van der Waals surface area contributed by atoms with Gasteiger partial charge in [-0.1, -0.05) is 59.8 Å². The Morgan fingerprint density at radius 2 is 1.70 bits per heavy atom. The zero-order chi connectivity index (χ0) is 20.8. The summed E-state index contributed by atoms with van der Waals surface area (Å²) in [6.07, 6.45) is 3.46. The highest BCUT2D eigenvalue weighted by atomic mass is 32.2. The van der Waals surface area contributed by atoms with Gasteiger partial charge in [-0.15, -0.1) is 10.2 Å². The first-order valence-corrected chi connectivity index (χ1v) is 10.6. The van der Waals surface area contributed by atoms with Gasteiger partial charge in [-0.05, 0) is 36.8 Å². The molecule has 0 fully saturated rings. The molecule has 0 atom stereocenters. The minimum Gasteiger partial charge on any atom is -0.351 e. The highest BCUT2D eigenvalue weighted by Gasteiger charge is 2.17. The number of hydrogen-bond acceptors (Lipinski definition) is 5. The Morgan fingerprint density at radius 1 is 0.967 bits per heavy atom. The van der Waals surface area contributed by atoms with E-state index in [0.717, 1.165) is 16.8 Å². The Hall–Kier alpha value is -3.45. The van der Waals surface area contributed by atoms with Crippen LogP contribution in [-0.4, -0.2) is 31.4 Å². The summed E-state index contributed by atoms with van der Waals surface area (Å²) < 4.78 is 1.98. The molecule has 0 unspecified atom stereocenters. The van der Waals surface area contributed by atoms with E-state index in [9.17, 15) is 4.79 Å². The molecule has 30 heavy (non-hydrogen) atoms. The van der Waals surface area contributed by atoms with Crippen molar-refractivity contribution in [2.75, 3.05) is 5.75 Å². The smallest absolute Gasteiger partial charge is 0.230 e. The van der Waals surface area contributed by atoms with Gasteiger partial charge in [-0.25, -0.2) is 0 Å². The summed E-state index contributed by atoms with van der Waals surface area (Å²) in [4.78, 5) is 16.4. The van der Waals surface area contributed by atoms with Crippen LogP contribution < -0.4 is 5.32 Å². The Morgan fingerprint density at radius 3 is 2.43 bits per heavy atom. The van der Waals surface area contributed by atoms with E-state index in [4.69, 9.17) is 0 Å². The van der Waals surface area contributed by atoms with E-state index in [-0.39, 0.29) is 11.7 Å². The number of carbonyl (C=O) groups excluding carboxylic acids is 1. The molecule has 0 aliphatic rings. The van der Waals surface area contributed by atoms with Gasteiger partial charge in [0.2, 0.25) is 5.91 Å². The van der Waals surface area contributed by atoms with Crippen LogP contribution in [0, 0.1) is 6.92 Å². The van der Waals surface area contributed by atoms with Crippen LogP contribution in [0.4, 0.5) is 0 Å². The largest absolute Gasteiger partial charge is 0.351 e. The third kappa shape index (κ3) is 4.75. The molecule has 0 bridgehead atoms. The molecule has 2 heterocycles. The van der Waals surface area contributed by atoms with Crippen LogP contribution >= 0.6 is 11.8 Å². The summed E-state index contributed by atoms with van der Waals surface area (Å²) in [6, 6.07) is 21.8. The third-order valence-electron chi connectivity index (χ3n) is 4.53. The molecule has 7 heteroatoms. The maximum atomic E-state index is 12.4. The minimum absolute atomic E-state index is 0.0484. The number of aromatic nitrogens is 4. The SMILES string of the molecule is Cc1ccc(-n2c(SCC(=O)NCc3ccccc3)nnc2-c2ccncc2)cc1. The second kappa shape index (κ2) is 9.37. The Bertz CT molecular complexity index is 1110. The number of rotatable bonds is 7. The molecule has 6 nitrogen and oxygen atoms in total. The van der Waals surface area contributed by atoms with Gasteiger partial charge in [-0.2, -0.15) is 0 Å². The van der Waals surface area contributed by atoms with Crippen LogP contribution in [0.5, 0.6) is 0 Å². The second-order valence-electron chi connectivity index (χ2n) is 6.76. The van der Waals surface area contributed by atoms with E-state index in [1.54, 1.807) is 12.4 Å². The number of thioether (sulfide) groups is 1. The van der Waals surface area contributed by atoms with Crippen molar-refractivity contribution in [3.63, 3.8) is 0 Å². The molecule has 1 N–H and O–H groups in total. The second-order valence-corrected chi connectivity index (χ2v) is 7.71. The van der Waals surface area contributed by atoms with Crippen molar-refractivity contribution in [3.8, 4) is 17.1 Å². The lowest BCUT2D eigenvalue weighted by molar-refractivity contribution is -0.118. The van der Waals surface area contributed by atoms with E-state index in [0.29, 0.717) is 17.5 Å². The highest BCUT2D eigenvalue weighted by molar-refractivity contribution is 7.99. The van der Waals surface area contributed by atoms with Crippen molar-refractivity contribution >= 4 is 17.7 Å². The molecular formula is C23H21N5OS. The molecular weight excluding hydrogens is 394 g/mol. The molecule has 4 aromatic rings.